The lowest BCUT2D eigenvalue weighted by atomic mass is 9.47. The minimum atomic E-state index is -0.921. The highest BCUT2D eigenvalue weighted by molar-refractivity contribution is 6.87. The summed E-state index contributed by atoms with van der Waals surface area (Å²) in [5, 5.41) is 0. The van der Waals surface area contributed by atoms with Crippen molar-refractivity contribution in [3.8, 4) is 101 Å². The van der Waals surface area contributed by atoms with E-state index >= 15 is 0 Å². The standard InChI is InChI=1S/C66H35B5N4O6/c1-5-19-36(20-6-1)72-42-29-17-31-44-52(42)56-60-50(40-27-13-15-33-46(40)76-67(60)72)65-58-54-48(78-69(62(56)58)74(44)38-23-9-3-10-24-38)35-49-55-59-63-57-53-43(30-18-32-45(53)75(70(63)79-49)39-25-11-4-12-26-39)73(37-21-7-2-8-22-37)68-61(57)51(41-28-14-16-34-47(41)77-68)66(59)81-71(80-65)64(54)55/h1-35H. The second-order valence-electron chi connectivity index (χ2n) is 22.2. The molecule has 0 aliphatic carbocycles. The van der Waals surface area contributed by atoms with Crippen LogP contribution >= 0.6 is 0 Å². The Hall–Kier alpha value is -10.3. The predicted molar refractivity (Wildman–Crippen MR) is 324 cm³/mol. The molecule has 0 unspecified atom stereocenters. The number of nitrogens with zero attached hydrogens (tertiary/aromatic N) is 4. The Bertz CT molecular complexity index is 4460. The van der Waals surface area contributed by atoms with Gasteiger partial charge in [0, 0.05) is 135 Å². The van der Waals surface area contributed by atoms with Crippen molar-refractivity contribution in [3.63, 3.8) is 0 Å². The van der Waals surface area contributed by atoms with Crippen LogP contribution in [0.2, 0.25) is 0 Å². The maximum atomic E-state index is 7.93. The number of benzene rings is 11. The molecule has 0 N–H and O–H groups in total. The number of rotatable bonds is 4. The van der Waals surface area contributed by atoms with Crippen LogP contribution in [0.3, 0.4) is 0 Å². The zero-order chi connectivity index (χ0) is 52.1. The van der Waals surface area contributed by atoms with E-state index in [1.165, 1.54) is 0 Å². The van der Waals surface area contributed by atoms with Crippen LogP contribution in [0.5, 0.6) is 34.5 Å². The summed E-state index contributed by atoms with van der Waals surface area (Å²) in [5.74, 6) is 4.47. The Labute approximate surface area is 466 Å². The molecular weight excluding hydrogens is 999 g/mol. The summed E-state index contributed by atoms with van der Waals surface area (Å²) in [4.78, 5) is 9.47. The summed E-state index contributed by atoms with van der Waals surface area (Å²) in [6.07, 6.45) is 0. The Morgan fingerprint density at radius 2 is 0.556 bits per heavy atom. The predicted octanol–water partition coefficient (Wildman–Crippen LogP) is 11.1. The van der Waals surface area contributed by atoms with E-state index in [4.69, 9.17) is 27.9 Å². The van der Waals surface area contributed by atoms with Gasteiger partial charge in [-0.05, 0) is 96.1 Å². The minimum absolute atomic E-state index is 0.556. The van der Waals surface area contributed by atoms with Crippen LogP contribution in [0.25, 0.3) is 66.8 Å². The fourth-order valence-corrected chi connectivity index (χ4v) is 15.6. The molecule has 15 heteroatoms. The van der Waals surface area contributed by atoms with Crippen molar-refractivity contribution in [1.29, 1.82) is 0 Å². The molecule has 0 bridgehead atoms. The molecule has 370 valence electrons. The molecule has 11 aromatic carbocycles. The van der Waals surface area contributed by atoms with Crippen molar-refractivity contribution >= 4 is 108 Å². The molecule has 11 aromatic rings. The third kappa shape index (κ3) is 4.89. The van der Waals surface area contributed by atoms with E-state index in [-0.39, 0.29) is 0 Å². The lowest BCUT2D eigenvalue weighted by molar-refractivity contribution is 0.434. The number of para-hydroxylation sites is 6. The first-order chi connectivity index (χ1) is 40.2. The van der Waals surface area contributed by atoms with E-state index < -0.39 is 35.3 Å². The van der Waals surface area contributed by atoms with Crippen LogP contribution in [-0.4, -0.2) is 35.3 Å². The van der Waals surface area contributed by atoms with Crippen LogP contribution in [-0.2, 0) is 0 Å². The van der Waals surface area contributed by atoms with Crippen LogP contribution in [0.4, 0.5) is 45.5 Å². The van der Waals surface area contributed by atoms with E-state index in [9.17, 15) is 0 Å². The Morgan fingerprint density at radius 1 is 0.235 bits per heavy atom. The van der Waals surface area contributed by atoms with Crippen molar-refractivity contribution in [2.75, 3.05) is 19.2 Å². The summed E-state index contributed by atoms with van der Waals surface area (Å²) in [6.45, 7) is 0. The van der Waals surface area contributed by atoms with Gasteiger partial charge in [-0.15, -0.1) is 0 Å². The van der Waals surface area contributed by atoms with Gasteiger partial charge in [0.2, 0.25) is 0 Å². The first-order valence-corrected chi connectivity index (χ1v) is 27.8. The molecular formula is C66H35B5N4O6. The molecule has 10 nitrogen and oxygen atoms in total. The van der Waals surface area contributed by atoms with Crippen LogP contribution < -0.4 is 74.5 Å². The van der Waals surface area contributed by atoms with Crippen molar-refractivity contribution in [3.05, 3.63) is 212 Å². The smallest absolute Gasteiger partial charge is 0.537 e. The third-order valence-electron chi connectivity index (χ3n) is 18.5. The minimum Gasteiger partial charge on any atom is -0.537 e. The zero-order valence-corrected chi connectivity index (χ0v) is 42.8. The summed E-state index contributed by atoms with van der Waals surface area (Å²) in [6, 6.07) is 74.8. The van der Waals surface area contributed by atoms with Gasteiger partial charge < -0.3 is 47.2 Å². The van der Waals surface area contributed by atoms with Crippen LogP contribution in [0.15, 0.2) is 212 Å². The maximum absolute atomic E-state index is 7.93. The van der Waals surface area contributed by atoms with E-state index in [1.807, 2.05) is 0 Å². The van der Waals surface area contributed by atoms with Gasteiger partial charge in [-0.3, -0.25) is 0 Å². The number of fused-ring (bicyclic) bond motifs is 6. The average molecular weight is 1030 g/mol. The summed E-state index contributed by atoms with van der Waals surface area (Å²) in [5.41, 5.74) is 25.6. The lowest BCUT2D eigenvalue weighted by Crippen LogP contribution is -2.66. The highest BCUT2D eigenvalue weighted by Crippen LogP contribution is 2.63. The second kappa shape index (κ2) is 14.5. The SMILES string of the molecule is c1ccc(N2B3Oc4ccccc4-c4c5c6c7c(c43)-c3c2cccc3N(c2ccccc2)B7Oc2cc3c4c(c2-6)B(O5)Oc2c5c6c7c(c2-4)B(O3)N(c2ccccc2)c2cccc(c2-7)N(c2ccccc2)B6Oc2ccccc2-5)cc1. The van der Waals surface area contributed by atoms with Gasteiger partial charge in [-0.25, -0.2) is 0 Å². The largest absolute Gasteiger partial charge is 0.634 e. The number of hydrogen-bond acceptors (Lipinski definition) is 10. The maximum Gasteiger partial charge on any atom is 0.634 e. The second-order valence-corrected chi connectivity index (χ2v) is 22.2. The molecule has 0 saturated heterocycles. The molecule has 10 heterocycles. The van der Waals surface area contributed by atoms with E-state index in [2.05, 4.69) is 232 Å². The van der Waals surface area contributed by atoms with Gasteiger partial charge in [0.15, 0.2) is 0 Å². The topological polar surface area (TPSA) is 68.3 Å². The Kier molecular flexibility index (Phi) is 7.48. The molecule has 0 radical (unpaired) electrons. The molecule has 0 amide bonds. The molecule has 21 rings (SSSR count). The van der Waals surface area contributed by atoms with Crippen molar-refractivity contribution in [1.82, 2.24) is 0 Å². The van der Waals surface area contributed by atoms with Crippen LogP contribution in [0.1, 0.15) is 0 Å². The van der Waals surface area contributed by atoms with Gasteiger partial charge in [-0.1, -0.05) is 121 Å². The highest BCUT2D eigenvalue weighted by Gasteiger charge is 2.62. The molecule has 0 atom stereocenters. The van der Waals surface area contributed by atoms with Gasteiger partial charge in [0.05, 0.1) is 0 Å². The third-order valence-corrected chi connectivity index (χ3v) is 18.5. The monoisotopic (exact) mass is 1030 g/mol. The first-order valence-electron chi connectivity index (χ1n) is 27.8. The van der Waals surface area contributed by atoms with Crippen LogP contribution in [0, 0.1) is 0 Å². The fourth-order valence-electron chi connectivity index (χ4n) is 15.6. The highest BCUT2D eigenvalue weighted by atomic mass is 16.6. The first kappa shape index (κ1) is 41.8. The van der Waals surface area contributed by atoms with Gasteiger partial charge >= 0.3 is 35.3 Å². The van der Waals surface area contributed by atoms with Crippen molar-refractivity contribution < 1.29 is 27.9 Å². The summed E-state index contributed by atoms with van der Waals surface area (Å²) in [7, 11) is -3.26. The molecule has 0 saturated carbocycles. The van der Waals surface area contributed by atoms with Crippen molar-refractivity contribution in [2.24, 2.45) is 0 Å². The van der Waals surface area contributed by atoms with Gasteiger partial charge in [0.1, 0.15) is 34.5 Å². The Morgan fingerprint density at radius 3 is 0.926 bits per heavy atom. The van der Waals surface area contributed by atoms with E-state index in [0.29, 0.717) is 11.5 Å². The van der Waals surface area contributed by atoms with E-state index in [1.54, 1.807) is 0 Å². The lowest BCUT2D eigenvalue weighted by Gasteiger charge is -2.52. The van der Waals surface area contributed by atoms with Gasteiger partial charge in [-0.2, -0.15) is 0 Å². The molecule has 10 aliphatic heterocycles. The van der Waals surface area contributed by atoms with Crippen molar-refractivity contribution in [2.45, 2.75) is 0 Å². The average Bonchev–Trinajstić information content (AvgIpc) is 1.74. The fraction of sp³-hybridized carbons (Fsp3) is 0. The van der Waals surface area contributed by atoms with Gasteiger partial charge in [0.25, 0.3) is 0 Å². The molecule has 0 spiro atoms. The summed E-state index contributed by atoms with van der Waals surface area (Å²) >= 11 is 0. The molecule has 81 heavy (non-hydrogen) atoms. The number of hydrogen-bond donors (Lipinski definition) is 0. The molecule has 0 aromatic heterocycles. The summed E-state index contributed by atoms with van der Waals surface area (Å²) < 4.78 is 46.2. The zero-order valence-electron chi connectivity index (χ0n) is 42.8. The quantitative estimate of drug-likeness (QED) is 0.159. The normalized spacial score (nSPS) is 15.5. The number of anilines is 8. The Balaban J connectivity index is 0.912. The van der Waals surface area contributed by atoms with E-state index in [0.717, 1.165) is 163 Å². The molecule has 10 aliphatic rings. The molecule has 0 fully saturated rings.